The van der Waals surface area contributed by atoms with E-state index < -0.39 is 0 Å². The van der Waals surface area contributed by atoms with Gasteiger partial charge in [-0.05, 0) is 43.4 Å². The van der Waals surface area contributed by atoms with Crippen molar-refractivity contribution in [2.75, 3.05) is 0 Å². The predicted octanol–water partition coefficient (Wildman–Crippen LogP) is 3.11. The molecule has 0 fully saturated rings. The van der Waals surface area contributed by atoms with Crippen molar-refractivity contribution in [2.24, 2.45) is 0 Å². The second kappa shape index (κ2) is 4.63. The molecule has 0 saturated heterocycles. The van der Waals surface area contributed by atoms with E-state index in [1.807, 2.05) is 0 Å². The minimum absolute atomic E-state index is 0.657. The second-order valence-electron chi connectivity index (χ2n) is 4.38. The lowest BCUT2D eigenvalue weighted by molar-refractivity contribution is 0.537. The maximum atomic E-state index is 3.60. The van der Waals surface area contributed by atoms with Crippen LogP contribution < -0.4 is 5.32 Å². The van der Waals surface area contributed by atoms with Crippen LogP contribution in [0.15, 0.2) is 30.4 Å². The van der Waals surface area contributed by atoms with Gasteiger partial charge < -0.3 is 5.32 Å². The highest BCUT2D eigenvalue weighted by Crippen LogP contribution is 2.14. The summed E-state index contributed by atoms with van der Waals surface area (Å²) in [6, 6.07) is 7.20. The molecule has 0 unspecified atom stereocenters. The molecule has 1 N–H and O–H groups in total. The van der Waals surface area contributed by atoms with Gasteiger partial charge in [-0.3, -0.25) is 0 Å². The Balaban J connectivity index is 1.95. The monoisotopic (exact) mass is 201 g/mol. The molecule has 1 aromatic rings. The number of aryl methyl sites for hydroxylation is 1. The lowest BCUT2D eigenvalue weighted by Crippen LogP contribution is -2.26. The average Bonchev–Trinajstić information content (AvgIpc) is 2.73. The number of rotatable bonds is 3. The number of nitrogens with one attached hydrogen (secondary N) is 1. The SMILES string of the molecule is Cc1cccc(CNC2CC=CC2)c1C. The van der Waals surface area contributed by atoms with Gasteiger partial charge in [0.05, 0.1) is 0 Å². The molecular weight excluding hydrogens is 182 g/mol. The summed E-state index contributed by atoms with van der Waals surface area (Å²) in [7, 11) is 0. The highest BCUT2D eigenvalue weighted by Gasteiger charge is 2.09. The van der Waals surface area contributed by atoms with Crippen molar-refractivity contribution in [3.05, 3.63) is 47.0 Å². The first-order valence-corrected chi connectivity index (χ1v) is 5.71. The molecule has 1 aliphatic carbocycles. The third-order valence-electron chi connectivity index (χ3n) is 3.31. The Kier molecular flexibility index (Phi) is 3.22. The van der Waals surface area contributed by atoms with E-state index >= 15 is 0 Å². The van der Waals surface area contributed by atoms with Crippen molar-refractivity contribution >= 4 is 0 Å². The lowest BCUT2D eigenvalue weighted by atomic mass is 10.0. The molecular formula is C14H19N. The second-order valence-corrected chi connectivity index (χ2v) is 4.38. The molecule has 0 spiro atoms. The normalized spacial score (nSPS) is 16.1. The third kappa shape index (κ3) is 2.48. The van der Waals surface area contributed by atoms with E-state index in [4.69, 9.17) is 0 Å². The van der Waals surface area contributed by atoms with Gasteiger partial charge in [0.1, 0.15) is 0 Å². The quantitative estimate of drug-likeness (QED) is 0.741. The summed E-state index contributed by atoms with van der Waals surface area (Å²) < 4.78 is 0. The van der Waals surface area contributed by atoms with E-state index in [0.717, 1.165) is 6.54 Å². The fourth-order valence-electron chi connectivity index (χ4n) is 2.04. The Morgan fingerprint density at radius 3 is 2.67 bits per heavy atom. The van der Waals surface area contributed by atoms with E-state index in [2.05, 4.69) is 49.5 Å². The summed E-state index contributed by atoms with van der Waals surface area (Å²) in [5, 5.41) is 3.60. The fraction of sp³-hybridized carbons (Fsp3) is 0.429. The average molecular weight is 201 g/mol. The van der Waals surface area contributed by atoms with Crippen LogP contribution in [0.2, 0.25) is 0 Å². The van der Waals surface area contributed by atoms with Crippen molar-refractivity contribution in [3.63, 3.8) is 0 Å². The summed E-state index contributed by atoms with van der Waals surface area (Å²) in [5.41, 5.74) is 4.25. The van der Waals surface area contributed by atoms with Gasteiger partial charge in [0, 0.05) is 12.6 Å². The maximum Gasteiger partial charge on any atom is 0.0211 e. The van der Waals surface area contributed by atoms with Crippen LogP contribution in [0, 0.1) is 13.8 Å². The number of hydrogen-bond acceptors (Lipinski definition) is 1. The Bertz CT molecular complexity index is 358. The van der Waals surface area contributed by atoms with Gasteiger partial charge in [0.15, 0.2) is 0 Å². The van der Waals surface area contributed by atoms with Crippen LogP contribution >= 0.6 is 0 Å². The summed E-state index contributed by atoms with van der Waals surface area (Å²) >= 11 is 0. The highest BCUT2D eigenvalue weighted by molar-refractivity contribution is 5.33. The van der Waals surface area contributed by atoms with Crippen LogP contribution in [0.5, 0.6) is 0 Å². The number of hydrogen-bond donors (Lipinski definition) is 1. The topological polar surface area (TPSA) is 12.0 Å². The van der Waals surface area contributed by atoms with Gasteiger partial charge >= 0.3 is 0 Å². The molecule has 1 aliphatic rings. The zero-order chi connectivity index (χ0) is 10.7. The van der Waals surface area contributed by atoms with Gasteiger partial charge in [0.2, 0.25) is 0 Å². The van der Waals surface area contributed by atoms with Gasteiger partial charge in [0.25, 0.3) is 0 Å². The summed E-state index contributed by atoms with van der Waals surface area (Å²) in [6.07, 6.45) is 6.90. The minimum Gasteiger partial charge on any atom is -0.309 e. The molecule has 2 rings (SSSR count). The van der Waals surface area contributed by atoms with Gasteiger partial charge in [-0.25, -0.2) is 0 Å². The lowest BCUT2D eigenvalue weighted by Gasteiger charge is -2.14. The molecule has 0 amide bonds. The minimum atomic E-state index is 0.657. The molecule has 0 radical (unpaired) electrons. The van der Waals surface area contributed by atoms with Crippen LogP contribution in [0.25, 0.3) is 0 Å². The number of benzene rings is 1. The molecule has 0 aliphatic heterocycles. The molecule has 0 bridgehead atoms. The predicted molar refractivity (Wildman–Crippen MR) is 64.9 cm³/mol. The smallest absolute Gasteiger partial charge is 0.0211 e. The Labute approximate surface area is 92.2 Å². The van der Waals surface area contributed by atoms with Crippen LogP contribution in [0.1, 0.15) is 29.5 Å². The van der Waals surface area contributed by atoms with E-state index in [9.17, 15) is 0 Å². The fourth-order valence-corrected chi connectivity index (χ4v) is 2.04. The molecule has 0 aromatic heterocycles. The highest BCUT2D eigenvalue weighted by atomic mass is 14.9. The molecule has 1 nitrogen and oxygen atoms in total. The van der Waals surface area contributed by atoms with Crippen molar-refractivity contribution < 1.29 is 0 Å². The Morgan fingerprint density at radius 2 is 1.93 bits per heavy atom. The van der Waals surface area contributed by atoms with E-state index in [-0.39, 0.29) is 0 Å². The summed E-state index contributed by atoms with van der Waals surface area (Å²) in [4.78, 5) is 0. The van der Waals surface area contributed by atoms with Crippen molar-refractivity contribution in [1.29, 1.82) is 0 Å². The van der Waals surface area contributed by atoms with Gasteiger partial charge in [-0.15, -0.1) is 0 Å². The van der Waals surface area contributed by atoms with Crippen LogP contribution in [0.3, 0.4) is 0 Å². The van der Waals surface area contributed by atoms with Gasteiger partial charge in [-0.2, -0.15) is 0 Å². The Morgan fingerprint density at radius 1 is 1.20 bits per heavy atom. The van der Waals surface area contributed by atoms with Crippen molar-refractivity contribution in [2.45, 2.75) is 39.3 Å². The van der Waals surface area contributed by atoms with Crippen LogP contribution in [-0.4, -0.2) is 6.04 Å². The standard InChI is InChI=1S/C14H19N/c1-11-6-5-7-13(12(11)2)10-15-14-8-3-4-9-14/h3-7,14-15H,8-10H2,1-2H3. The van der Waals surface area contributed by atoms with Crippen molar-refractivity contribution in [1.82, 2.24) is 5.32 Å². The molecule has 80 valence electrons. The molecule has 1 aromatic carbocycles. The zero-order valence-electron chi connectivity index (χ0n) is 9.59. The molecule has 0 heterocycles. The van der Waals surface area contributed by atoms with Crippen molar-refractivity contribution in [3.8, 4) is 0 Å². The largest absolute Gasteiger partial charge is 0.309 e. The summed E-state index contributed by atoms with van der Waals surface area (Å²) in [6.45, 7) is 5.38. The van der Waals surface area contributed by atoms with E-state index in [0.29, 0.717) is 6.04 Å². The maximum absolute atomic E-state index is 3.60. The molecule has 15 heavy (non-hydrogen) atoms. The van der Waals surface area contributed by atoms with Crippen LogP contribution in [-0.2, 0) is 6.54 Å². The Hall–Kier alpha value is -1.08. The first-order valence-electron chi connectivity index (χ1n) is 5.71. The van der Waals surface area contributed by atoms with Crippen LogP contribution in [0.4, 0.5) is 0 Å². The first kappa shape index (κ1) is 10.4. The molecule has 0 atom stereocenters. The zero-order valence-corrected chi connectivity index (χ0v) is 9.59. The molecule has 1 heteroatoms. The van der Waals surface area contributed by atoms with E-state index in [1.165, 1.54) is 29.5 Å². The third-order valence-corrected chi connectivity index (χ3v) is 3.31. The first-order chi connectivity index (χ1) is 7.27. The molecule has 0 saturated carbocycles. The van der Waals surface area contributed by atoms with Gasteiger partial charge in [-0.1, -0.05) is 30.4 Å². The van der Waals surface area contributed by atoms with E-state index in [1.54, 1.807) is 0 Å². The summed E-state index contributed by atoms with van der Waals surface area (Å²) in [5.74, 6) is 0.